The third-order valence-electron chi connectivity index (χ3n) is 3.00. The van der Waals surface area contributed by atoms with Gasteiger partial charge in [-0.2, -0.15) is 0 Å². The van der Waals surface area contributed by atoms with Gasteiger partial charge in [-0.3, -0.25) is 4.72 Å². The Kier molecular flexibility index (Phi) is 4.34. The van der Waals surface area contributed by atoms with Crippen molar-refractivity contribution in [2.45, 2.75) is 25.2 Å². The van der Waals surface area contributed by atoms with Crippen LogP contribution in [0.1, 0.15) is 27.7 Å². The van der Waals surface area contributed by atoms with Gasteiger partial charge in [-0.1, -0.05) is 19.1 Å². The molecule has 2 rings (SSSR count). The average Bonchev–Trinajstić information content (AvgIpc) is 2.82. The molecule has 0 fully saturated rings. The highest BCUT2D eigenvalue weighted by molar-refractivity contribution is 7.93. The summed E-state index contributed by atoms with van der Waals surface area (Å²) in [6.45, 7) is 3.59. The second-order valence-corrected chi connectivity index (χ2v) is 7.04. The number of hydrogen-bond acceptors (Lipinski definition) is 4. The molecule has 0 bridgehead atoms. The van der Waals surface area contributed by atoms with Gasteiger partial charge in [0.2, 0.25) is 0 Å². The van der Waals surface area contributed by atoms with E-state index in [0.717, 1.165) is 23.3 Å². The fourth-order valence-corrected chi connectivity index (χ4v) is 4.62. The van der Waals surface area contributed by atoms with Gasteiger partial charge in [-0.25, -0.2) is 13.2 Å². The number of rotatable bonds is 5. The van der Waals surface area contributed by atoms with Crippen molar-refractivity contribution in [1.82, 2.24) is 0 Å². The summed E-state index contributed by atoms with van der Waals surface area (Å²) in [4.78, 5) is 10.8. The minimum Gasteiger partial charge on any atom is -0.477 e. The largest absolute Gasteiger partial charge is 0.477 e. The van der Waals surface area contributed by atoms with Crippen LogP contribution in [0.3, 0.4) is 0 Å². The van der Waals surface area contributed by atoms with Gasteiger partial charge in [0.15, 0.2) is 0 Å². The van der Waals surface area contributed by atoms with Crippen LogP contribution in [0.25, 0.3) is 0 Å². The van der Waals surface area contributed by atoms with E-state index in [1.807, 2.05) is 19.1 Å². The van der Waals surface area contributed by atoms with Crippen molar-refractivity contribution in [3.63, 3.8) is 0 Å². The maximum atomic E-state index is 12.4. The van der Waals surface area contributed by atoms with Crippen LogP contribution in [0.2, 0.25) is 0 Å². The van der Waals surface area contributed by atoms with Gasteiger partial charge in [-0.15, -0.1) is 11.3 Å². The predicted octanol–water partition coefficient (Wildman–Crippen LogP) is 3.12. The molecular formula is C14H15NO4S2. The van der Waals surface area contributed by atoms with E-state index in [1.165, 1.54) is 5.38 Å². The van der Waals surface area contributed by atoms with Gasteiger partial charge in [0, 0.05) is 5.69 Å². The molecule has 0 aliphatic heterocycles. The number of thiophene rings is 1. The first-order valence-electron chi connectivity index (χ1n) is 6.28. The summed E-state index contributed by atoms with van der Waals surface area (Å²) in [5, 5.41) is 10.6. The Morgan fingerprint density at radius 2 is 1.90 bits per heavy atom. The van der Waals surface area contributed by atoms with Crippen LogP contribution in [-0.2, 0) is 16.4 Å². The molecule has 0 aliphatic rings. The maximum Gasteiger partial charge on any atom is 0.347 e. The van der Waals surface area contributed by atoms with E-state index in [4.69, 9.17) is 5.11 Å². The molecule has 0 unspecified atom stereocenters. The predicted molar refractivity (Wildman–Crippen MR) is 82.6 cm³/mol. The molecule has 21 heavy (non-hydrogen) atoms. The van der Waals surface area contributed by atoms with Crippen molar-refractivity contribution < 1.29 is 18.3 Å². The Balaban J connectivity index is 2.38. The number of benzene rings is 1. The molecule has 0 saturated carbocycles. The van der Waals surface area contributed by atoms with Gasteiger partial charge in [0.1, 0.15) is 9.77 Å². The molecule has 112 valence electrons. The summed E-state index contributed by atoms with van der Waals surface area (Å²) < 4.78 is 27.2. The van der Waals surface area contributed by atoms with Crippen molar-refractivity contribution in [2.75, 3.05) is 4.72 Å². The molecule has 0 radical (unpaired) electrons. The number of hydrogen-bond donors (Lipinski definition) is 2. The normalized spacial score (nSPS) is 11.3. The van der Waals surface area contributed by atoms with Crippen LogP contribution in [-0.4, -0.2) is 19.5 Å². The smallest absolute Gasteiger partial charge is 0.347 e. The molecule has 0 atom stereocenters. The lowest BCUT2D eigenvalue weighted by Gasteiger charge is -2.09. The first-order valence-corrected chi connectivity index (χ1v) is 8.64. The molecule has 0 amide bonds. The average molecular weight is 325 g/mol. The highest BCUT2D eigenvalue weighted by Gasteiger charge is 2.26. The Labute approximate surface area is 127 Å². The molecule has 7 heteroatoms. The molecule has 1 heterocycles. The number of nitrogens with one attached hydrogen (secondary N) is 1. The zero-order valence-electron chi connectivity index (χ0n) is 11.6. The SMILES string of the molecule is CCc1ccc(NS(=O)(=O)c2c(C)csc2C(=O)O)cc1. The molecule has 5 nitrogen and oxygen atoms in total. The number of aromatic carboxylic acids is 1. The van der Waals surface area contributed by atoms with Crippen LogP contribution in [0.15, 0.2) is 34.5 Å². The monoisotopic (exact) mass is 325 g/mol. The van der Waals surface area contributed by atoms with E-state index in [9.17, 15) is 13.2 Å². The van der Waals surface area contributed by atoms with Crippen molar-refractivity contribution in [3.05, 3.63) is 45.6 Å². The van der Waals surface area contributed by atoms with Gasteiger partial charge in [-0.05, 0) is 42.0 Å². The van der Waals surface area contributed by atoms with Gasteiger partial charge in [0.25, 0.3) is 10.0 Å². The van der Waals surface area contributed by atoms with E-state index in [-0.39, 0.29) is 9.77 Å². The molecule has 0 saturated heterocycles. The Morgan fingerprint density at radius 3 is 2.43 bits per heavy atom. The summed E-state index contributed by atoms with van der Waals surface area (Å²) in [7, 11) is -3.92. The summed E-state index contributed by atoms with van der Waals surface area (Å²) >= 11 is 0.909. The van der Waals surface area contributed by atoms with Crippen molar-refractivity contribution in [2.24, 2.45) is 0 Å². The third kappa shape index (κ3) is 3.25. The number of carboxylic acids is 1. The van der Waals surface area contributed by atoms with Crippen LogP contribution in [0.5, 0.6) is 0 Å². The number of anilines is 1. The second-order valence-electron chi connectivity index (χ2n) is 4.54. The van der Waals surface area contributed by atoms with Crippen molar-refractivity contribution in [1.29, 1.82) is 0 Å². The van der Waals surface area contributed by atoms with E-state index in [2.05, 4.69) is 4.72 Å². The summed E-state index contributed by atoms with van der Waals surface area (Å²) in [6.07, 6.45) is 0.861. The molecule has 1 aromatic carbocycles. The summed E-state index contributed by atoms with van der Waals surface area (Å²) in [6, 6.07) is 6.99. The molecular weight excluding hydrogens is 310 g/mol. The number of carbonyl (C=O) groups is 1. The lowest BCUT2D eigenvalue weighted by molar-refractivity contribution is 0.0698. The topological polar surface area (TPSA) is 83.5 Å². The maximum absolute atomic E-state index is 12.4. The number of carboxylic acid groups (broad SMARTS) is 1. The summed E-state index contributed by atoms with van der Waals surface area (Å²) in [5.74, 6) is -1.24. The zero-order chi connectivity index (χ0) is 15.6. The first-order chi connectivity index (χ1) is 9.85. The zero-order valence-corrected chi connectivity index (χ0v) is 13.2. The van der Waals surface area contributed by atoms with Gasteiger partial charge in [0.05, 0.1) is 0 Å². The van der Waals surface area contributed by atoms with E-state index >= 15 is 0 Å². The van der Waals surface area contributed by atoms with Gasteiger partial charge >= 0.3 is 5.97 Å². The van der Waals surface area contributed by atoms with Crippen LogP contribution in [0, 0.1) is 6.92 Å². The van der Waals surface area contributed by atoms with Crippen LogP contribution < -0.4 is 4.72 Å². The summed E-state index contributed by atoms with van der Waals surface area (Å²) in [5.41, 5.74) is 1.93. The highest BCUT2D eigenvalue weighted by atomic mass is 32.2. The fraction of sp³-hybridized carbons (Fsp3) is 0.214. The van der Waals surface area contributed by atoms with Gasteiger partial charge < -0.3 is 5.11 Å². The molecule has 0 aliphatic carbocycles. The second kappa shape index (κ2) is 5.87. The molecule has 2 N–H and O–H groups in total. The van der Waals surface area contributed by atoms with E-state index in [1.54, 1.807) is 19.1 Å². The molecule has 0 spiro atoms. The highest BCUT2D eigenvalue weighted by Crippen LogP contribution is 2.28. The minimum absolute atomic E-state index is 0.167. The Hall–Kier alpha value is -1.86. The number of sulfonamides is 1. The molecule has 1 aromatic heterocycles. The third-order valence-corrected chi connectivity index (χ3v) is 5.78. The first kappa shape index (κ1) is 15.5. The van der Waals surface area contributed by atoms with Crippen molar-refractivity contribution in [3.8, 4) is 0 Å². The van der Waals surface area contributed by atoms with E-state index < -0.39 is 16.0 Å². The lowest BCUT2D eigenvalue weighted by Crippen LogP contribution is -2.16. The van der Waals surface area contributed by atoms with Crippen LogP contribution >= 0.6 is 11.3 Å². The lowest BCUT2D eigenvalue weighted by atomic mass is 10.2. The fourth-order valence-electron chi connectivity index (χ4n) is 1.93. The molecule has 2 aromatic rings. The minimum atomic E-state index is -3.92. The van der Waals surface area contributed by atoms with E-state index in [0.29, 0.717) is 11.3 Å². The number of aryl methyl sites for hydroxylation is 2. The standard InChI is InChI=1S/C14H15NO4S2/c1-3-10-4-6-11(7-5-10)15-21(18,19)13-9(2)8-20-12(13)14(16)17/h4-8,15H,3H2,1-2H3,(H,16,17). The Bertz CT molecular complexity index is 761. The Morgan fingerprint density at radius 1 is 1.29 bits per heavy atom. The van der Waals surface area contributed by atoms with Crippen molar-refractivity contribution >= 4 is 33.0 Å². The quantitative estimate of drug-likeness (QED) is 0.884. The van der Waals surface area contributed by atoms with Crippen LogP contribution in [0.4, 0.5) is 5.69 Å².